The molecule has 0 aliphatic carbocycles. The zero-order chi connectivity index (χ0) is 10.1. The predicted octanol–water partition coefficient (Wildman–Crippen LogP) is 2.80. The van der Waals surface area contributed by atoms with E-state index in [1.807, 2.05) is 6.92 Å². The summed E-state index contributed by atoms with van der Waals surface area (Å²) in [5, 5.41) is 0.967. The van der Waals surface area contributed by atoms with Crippen LogP contribution in [0.1, 0.15) is 11.3 Å². The summed E-state index contributed by atoms with van der Waals surface area (Å²) in [5.41, 5.74) is 7.18. The van der Waals surface area contributed by atoms with E-state index in [1.54, 1.807) is 6.07 Å². The second-order valence-corrected chi connectivity index (χ2v) is 3.32. The molecule has 0 atom stereocenters. The molecule has 0 aliphatic rings. The first-order chi connectivity index (χ1) is 6.72. The molecule has 0 spiro atoms. The number of nitrogens with two attached hydrogens (primary N) is 1. The van der Waals surface area contributed by atoms with Crippen molar-refractivity contribution >= 4 is 23.4 Å². The standard InChI is InChI=1S/C11H12FNO.ClH/c1-7-9(4-5-13)10-3-2-8(12)6-11(10)14-7;/h2-3,6H,4-5,13H2,1H3;1H. The quantitative estimate of drug-likeness (QED) is 0.860. The molecule has 0 saturated heterocycles. The van der Waals surface area contributed by atoms with Crippen molar-refractivity contribution in [1.82, 2.24) is 0 Å². The molecule has 0 amide bonds. The summed E-state index contributed by atoms with van der Waals surface area (Å²) in [7, 11) is 0. The van der Waals surface area contributed by atoms with Gasteiger partial charge in [-0.2, -0.15) is 0 Å². The molecule has 2 aromatic rings. The minimum Gasteiger partial charge on any atom is -0.461 e. The highest BCUT2D eigenvalue weighted by molar-refractivity contribution is 5.85. The number of aryl methyl sites for hydroxylation is 1. The molecule has 4 heteroatoms. The van der Waals surface area contributed by atoms with E-state index < -0.39 is 0 Å². The van der Waals surface area contributed by atoms with Crippen LogP contribution in [-0.2, 0) is 6.42 Å². The molecule has 1 heterocycles. The van der Waals surface area contributed by atoms with Gasteiger partial charge in [-0.05, 0) is 32.0 Å². The van der Waals surface area contributed by atoms with Gasteiger partial charge < -0.3 is 10.2 Å². The van der Waals surface area contributed by atoms with Crippen LogP contribution in [0.25, 0.3) is 11.0 Å². The second kappa shape index (κ2) is 4.64. The summed E-state index contributed by atoms with van der Waals surface area (Å²) in [6, 6.07) is 4.59. The average Bonchev–Trinajstić information content (AvgIpc) is 2.43. The molecule has 0 bridgehead atoms. The van der Waals surface area contributed by atoms with Gasteiger partial charge in [0.05, 0.1) is 0 Å². The molecular weight excluding hydrogens is 217 g/mol. The van der Waals surface area contributed by atoms with E-state index >= 15 is 0 Å². The smallest absolute Gasteiger partial charge is 0.137 e. The van der Waals surface area contributed by atoms with Crippen LogP contribution in [0.2, 0.25) is 0 Å². The van der Waals surface area contributed by atoms with Crippen LogP contribution < -0.4 is 5.73 Å². The fourth-order valence-corrected chi connectivity index (χ4v) is 1.70. The number of halogens is 2. The lowest BCUT2D eigenvalue weighted by Gasteiger charge is -1.95. The van der Waals surface area contributed by atoms with E-state index in [-0.39, 0.29) is 18.2 Å². The monoisotopic (exact) mass is 229 g/mol. The van der Waals surface area contributed by atoms with Gasteiger partial charge in [-0.1, -0.05) is 0 Å². The van der Waals surface area contributed by atoms with Gasteiger partial charge in [-0.3, -0.25) is 0 Å². The van der Waals surface area contributed by atoms with Crippen molar-refractivity contribution in [3.05, 3.63) is 35.3 Å². The van der Waals surface area contributed by atoms with Crippen molar-refractivity contribution in [3.63, 3.8) is 0 Å². The van der Waals surface area contributed by atoms with Crippen LogP contribution in [0.3, 0.4) is 0 Å². The van der Waals surface area contributed by atoms with Gasteiger partial charge in [0.1, 0.15) is 17.2 Å². The lowest BCUT2D eigenvalue weighted by Crippen LogP contribution is -2.02. The lowest BCUT2D eigenvalue weighted by atomic mass is 10.1. The molecule has 0 radical (unpaired) electrons. The van der Waals surface area contributed by atoms with Crippen molar-refractivity contribution < 1.29 is 8.81 Å². The maximum Gasteiger partial charge on any atom is 0.137 e. The molecule has 15 heavy (non-hydrogen) atoms. The summed E-state index contributed by atoms with van der Waals surface area (Å²) in [6.45, 7) is 2.45. The Morgan fingerprint density at radius 3 is 2.80 bits per heavy atom. The summed E-state index contributed by atoms with van der Waals surface area (Å²) in [4.78, 5) is 0. The van der Waals surface area contributed by atoms with Crippen LogP contribution in [0.5, 0.6) is 0 Å². The first-order valence-corrected chi connectivity index (χ1v) is 4.60. The SMILES string of the molecule is Cc1oc2cc(F)ccc2c1CCN.Cl. The Balaban J connectivity index is 0.00000112. The largest absolute Gasteiger partial charge is 0.461 e. The first-order valence-electron chi connectivity index (χ1n) is 4.60. The normalized spacial score (nSPS) is 10.3. The molecule has 0 unspecified atom stereocenters. The van der Waals surface area contributed by atoms with Crippen LogP contribution in [-0.4, -0.2) is 6.54 Å². The van der Waals surface area contributed by atoms with E-state index in [0.29, 0.717) is 12.1 Å². The van der Waals surface area contributed by atoms with Crippen LogP contribution in [0.15, 0.2) is 22.6 Å². The van der Waals surface area contributed by atoms with Gasteiger partial charge >= 0.3 is 0 Å². The molecule has 0 fully saturated rings. The lowest BCUT2D eigenvalue weighted by molar-refractivity contribution is 0.565. The zero-order valence-electron chi connectivity index (χ0n) is 8.42. The molecule has 1 aromatic carbocycles. The number of benzene rings is 1. The van der Waals surface area contributed by atoms with Gasteiger partial charge in [-0.25, -0.2) is 4.39 Å². The van der Waals surface area contributed by atoms with Crippen LogP contribution in [0.4, 0.5) is 4.39 Å². The fourth-order valence-electron chi connectivity index (χ4n) is 1.70. The minimum absolute atomic E-state index is 0. The maximum absolute atomic E-state index is 12.9. The topological polar surface area (TPSA) is 39.2 Å². The van der Waals surface area contributed by atoms with Gasteiger partial charge in [0.2, 0.25) is 0 Å². The third-order valence-corrected chi connectivity index (χ3v) is 2.35. The second-order valence-electron chi connectivity index (χ2n) is 3.32. The molecule has 2 rings (SSSR count). The highest BCUT2D eigenvalue weighted by Crippen LogP contribution is 2.26. The van der Waals surface area contributed by atoms with E-state index in [1.165, 1.54) is 12.1 Å². The number of hydrogen-bond donors (Lipinski definition) is 1. The number of fused-ring (bicyclic) bond motifs is 1. The molecular formula is C11H13ClFNO. The summed E-state index contributed by atoms with van der Waals surface area (Å²) in [5.74, 6) is 0.557. The molecule has 1 aromatic heterocycles. The van der Waals surface area contributed by atoms with Crippen LogP contribution in [0, 0.1) is 12.7 Å². The Kier molecular flexibility index (Phi) is 3.72. The van der Waals surface area contributed by atoms with Gasteiger partial charge in [0.15, 0.2) is 0 Å². The van der Waals surface area contributed by atoms with Crippen molar-refractivity contribution in [2.75, 3.05) is 6.54 Å². The minimum atomic E-state index is -0.273. The van der Waals surface area contributed by atoms with Gasteiger partial charge in [-0.15, -0.1) is 12.4 Å². The van der Waals surface area contributed by atoms with E-state index in [9.17, 15) is 4.39 Å². The summed E-state index contributed by atoms with van der Waals surface area (Å²) in [6.07, 6.45) is 0.768. The molecule has 0 aliphatic heterocycles. The van der Waals surface area contributed by atoms with Crippen molar-refractivity contribution in [1.29, 1.82) is 0 Å². The fraction of sp³-hybridized carbons (Fsp3) is 0.273. The Labute approximate surface area is 93.7 Å². The number of rotatable bonds is 2. The molecule has 2 N–H and O–H groups in total. The van der Waals surface area contributed by atoms with Crippen LogP contribution >= 0.6 is 12.4 Å². The Morgan fingerprint density at radius 1 is 1.40 bits per heavy atom. The summed E-state index contributed by atoms with van der Waals surface area (Å²) >= 11 is 0. The first kappa shape index (κ1) is 12.0. The van der Waals surface area contributed by atoms with Gasteiger partial charge in [0.25, 0.3) is 0 Å². The Hall–Kier alpha value is -1.06. The third kappa shape index (κ3) is 2.13. The zero-order valence-corrected chi connectivity index (χ0v) is 9.23. The average molecular weight is 230 g/mol. The van der Waals surface area contributed by atoms with E-state index in [0.717, 1.165) is 23.1 Å². The highest BCUT2D eigenvalue weighted by atomic mass is 35.5. The number of furan rings is 1. The third-order valence-electron chi connectivity index (χ3n) is 2.35. The van der Waals surface area contributed by atoms with E-state index in [4.69, 9.17) is 10.2 Å². The highest BCUT2D eigenvalue weighted by Gasteiger charge is 2.10. The maximum atomic E-state index is 12.9. The van der Waals surface area contributed by atoms with E-state index in [2.05, 4.69) is 0 Å². The molecule has 0 saturated carbocycles. The molecule has 2 nitrogen and oxygen atoms in total. The van der Waals surface area contributed by atoms with Crippen molar-refractivity contribution in [3.8, 4) is 0 Å². The summed E-state index contributed by atoms with van der Waals surface area (Å²) < 4.78 is 18.3. The van der Waals surface area contributed by atoms with Crippen molar-refractivity contribution in [2.24, 2.45) is 5.73 Å². The Morgan fingerprint density at radius 2 is 2.13 bits per heavy atom. The van der Waals surface area contributed by atoms with Gasteiger partial charge in [0, 0.05) is 17.0 Å². The molecule has 82 valence electrons. The number of hydrogen-bond acceptors (Lipinski definition) is 2. The van der Waals surface area contributed by atoms with Crippen molar-refractivity contribution in [2.45, 2.75) is 13.3 Å². The Bertz CT molecular complexity index is 467. The predicted molar refractivity (Wildman–Crippen MR) is 60.9 cm³/mol.